The average molecular weight is 317 g/mol. The molecule has 1 rings (SSSR count). The minimum Gasteiger partial charge on any atom is -0.291 e. The number of hydrogen-bond donors (Lipinski definition) is 0. The van der Waals surface area contributed by atoms with Crippen LogP contribution in [0.25, 0.3) is 0 Å². The van der Waals surface area contributed by atoms with Crippen LogP contribution in [0.15, 0.2) is 21.2 Å². The molecule has 0 saturated carbocycles. The van der Waals surface area contributed by atoms with Gasteiger partial charge in [-0.15, -0.1) is 5.92 Å². The standard InChI is InChI=1S/C10H7Br2NO/c1-2-3-4-9(14)10-8(12)5-7(11)6-13-10/h5-6H,4H2,1H3. The van der Waals surface area contributed by atoms with Gasteiger partial charge in [-0.3, -0.25) is 9.78 Å². The van der Waals surface area contributed by atoms with Crippen molar-refractivity contribution in [1.29, 1.82) is 0 Å². The third-order valence-electron chi connectivity index (χ3n) is 1.50. The van der Waals surface area contributed by atoms with Gasteiger partial charge in [0.15, 0.2) is 5.78 Å². The second-order valence-electron chi connectivity index (χ2n) is 2.51. The molecule has 0 aromatic carbocycles. The SMILES string of the molecule is CC#CCC(=O)c1ncc(Br)cc1Br. The van der Waals surface area contributed by atoms with E-state index in [1.807, 2.05) is 0 Å². The van der Waals surface area contributed by atoms with E-state index in [0.29, 0.717) is 10.2 Å². The maximum atomic E-state index is 11.5. The molecule has 0 aliphatic rings. The number of aromatic nitrogens is 1. The summed E-state index contributed by atoms with van der Waals surface area (Å²) < 4.78 is 1.53. The number of carbonyl (C=O) groups excluding carboxylic acids is 1. The molecular formula is C10H7Br2NO. The maximum Gasteiger partial charge on any atom is 0.194 e. The van der Waals surface area contributed by atoms with Crippen LogP contribution < -0.4 is 0 Å². The molecule has 2 nitrogen and oxygen atoms in total. The first kappa shape index (κ1) is 11.4. The summed E-state index contributed by atoms with van der Waals surface area (Å²) in [6.45, 7) is 1.71. The van der Waals surface area contributed by atoms with Gasteiger partial charge < -0.3 is 0 Å². The molecule has 0 aliphatic carbocycles. The lowest BCUT2D eigenvalue weighted by Crippen LogP contribution is -2.01. The summed E-state index contributed by atoms with van der Waals surface area (Å²) in [5, 5.41) is 0. The van der Waals surface area contributed by atoms with E-state index in [1.165, 1.54) is 0 Å². The second-order valence-corrected chi connectivity index (χ2v) is 4.28. The van der Waals surface area contributed by atoms with Gasteiger partial charge in [0.2, 0.25) is 0 Å². The van der Waals surface area contributed by atoms with Crippen LogP contribution in [0.3, 0.4) is 0 Å². The molecule has 0 amide bonds. The summed E-state index contributed by atoms with van der Waals surface area (Å²) in [4.78, 5) is 15.5. The lowest BCUT2D eigenvalue weighted by molar-refractivity contribution is 0.0992. The predicted molar refractivity (Wildman–Crippen MR) is 62.0 cm³/mol. The number of pyridine rings is 1. The highest BCUT2D eigenvalue weighted by molar-refractivity contribution is 9.11. The number of ketones is 1. The Morgan fingerprint density at radius 1 is 1.57 bits per heavy atom. The van der Waals surface area contributed by atoms with E-state index in [-0.39, 0.29) is 12.2 Å². The Bertz CT molecular complexity index is 418. The van der Waals surface area contributed by atoms with E-state index in [1.54, 1.807) is 19.2 Å². The van der Waals surface area contributed by atoms with Crippen molar-refractivity contribution in [2.24, 2.45) is 0 Å². The molecule has 14 heavy (non-hydrogen) atoms. The van der Waals surface area contributed by atoms with Crippen LogP contribution in [0.1, 0.15) is 23.8 Å². The van der Waals surface area contributed by atoms with Gasteiger partial charge in [-0.1, -0.05) is 5.92 Å². The van der Waals surface area contributed by atoms with Gasteiger partial charge in [0.05, 0.1) is 6.42 Å². The van der Waals surface area contributed by atoms with E-state index in [2.05, 4.69) is 48.7 Å². The van der Waals surface area contributed by atoms with Crippen molar-refractivity contribution in [2.45, 2.75) is 13.3 Å². The number of carbonyl (C=O) groups is 1. The van der Waals surface area contributed by atoms with E-state index >= 15 is 0 Å². The Balaban J connectivity index is 2.94. The first-order chi connectivity index (χ1) is 6.65. The lowest BCUT2D eigenvalue weighted by atomic mass is 10.2. The molecule has 0 bridgehead atoms. The number of halogens is 2. The fourth-order valence-electron chi connectivity index (χ4n) is 0.872. The van der Waals surface area contributed by atoms with Crippen molar-refractivity contribution in [3.8, 4) is 11.8 Å². The molecule has 0 unspecified atom stereocenters. The highest BCUT2D eigenvalue weighted by Gasteiger charge is 2.10. The van der Waals surface area contributed by atoms with Crippen molar-refractivity contribution in [2.75, 3.05) is 0 Å². The van der Waals surface area contributed by atoms with Gasteiger partial charge in [-0.05, 0) is 44.8 Å². The van der Waals surface area contributed by atoms with Crippen molar-refractivity contribution in [3.63, 3.8) is 0 Å². The summed E-state index contributed by atoms with van der Waals surface area (Å²) >= 11 is 6.54. The summed E-state index contributed by atoms with van der Waals surface area (Å²) in [5.74, 6) is 5.32. The smallest absolute Gasteiger partial charge is 0.194 e. The molecule has 0 radical (unpaired) electrons. The molecule has 1 aromatic heterocycles. The highest BCUT2D eigenvalue weighted by Crippen LogP contribution is 2.20. The van der Waals surface area contributed by atoms with Gasteiger partial charge in [0.25, 0.3) is 0 Å². The fourth-order valence-corrected chi connectivity index (χ4v) is 2.08. The van der Waals surface area contributed by atoms with E-state index in [9.17, 15) is 4.79 Å². The normalized spacial score (nSPS) is 9.07. The van der Waals surface area contributed by atoms with Crippen LogP contribution in [-0.2, 0) is 0 Å². The van der Waals surface area contributed by atoms with Crippen LogP contribution in [-0.4, -0.2) is 10.8 Å². The molecular weight excluding hydrogens is 310 g/mol. The number of nitrogens with zero attached hydrogens (tertiary/aromatic N) is 1. The van der Waals surface area contributed by atoms with Crippen LogP contribution in [0, 0.1) is 11.8 Å². The minimum atomic E-state index is -0.0706. The quantitative estimate of drug-likeness (QED) is 0.619. The van der Waals surface area contributed by atoms with Gasteiger partial charge in [0, 0.05) is 15.1 Å². The summed E-state index contributed by atoms with van der Waals surface area (Å²) in [5.41, 5.74) is 0.427. The number of Topliss-reactive ketones (excluding diaryl/α,β-unsaturated/α-hetero) is 1. The molecule has 1 aromatic rings. The molecule has 0 N–H and O–H groups in total. The average Bonchev–Trinajstić information content (AvgIpc) is 2.14. The zero-order valence-corrected chi connectivity index (χ0v) is 10.6. The first-order valence-electron chi connectivity index (χ1n) is 3.89. The Labute approximate surface area is 99.4 Å². The van der Waals surface area contributed by atoms with Gasteiger partial charge in [-0.25, -0.2) is 0 Å². The zero-order valence-electron chi connectivity index (χ0n) is 7.47. The third-order valence-corrected chi connectivity index (χ3v) is 2.54. The zero-order chi connectivity index (χ0) is 10.6. The molecule has 0 fully saturated rings. The van der Waals surface area contributed by atoms with Crippen molar-refractivity contribution >= 4 is 37.6 Å². The topological polar surface area (TPSA) is 30.0 Å². The highest BCUT2D eigenvalue weighted by atomic mass is 79.9. The fraction of sp³-hybridized carbons (Fsp3) is 0.200. The number of rotatable bonds is 2. The van der Waals surface area contributed by atoms with Crippen LogP contribution in [0.5, 0.6) is 0 Å². The van der Waals surface area contributed by atoms with E-state index in [4.69, 9.17) is 0 Å². The van der Waals surface area contributed by atoms with E-state index in [0.717, 1.165) is 4.47 Å². The van der Waals surface area contributed by atoms with Gasteiger partial charge >= 0.3 is 0 Å². The maximum absolute atomic E-state index is 11.5. The van der Waals surface area contributed by atoms with Crippen LogP contribution in [0.2, 0.25) is 0 Å². The largest absolute Gasteiger partial charge is 0.291 e. The Morgan fingerprint density at radius 3 is 2.86 bits per heavy atom. The van der Waals surface area contributed by atoms with Gasteiger partial charge in [-0.2, -0.15) is 0 Å². The van der Waals surface area contributed by atoms with Crippen LogP contribution >= 0.6 is 31.9 Å². The molecule has 0 aliphatic heterocycles. The van der Waals surface area contributed by atoms with E-state index < -0.39 is 0 Å². The Kier molecular flexibility index (Phi) is 4.30. The third kappa shape index (κ3) is 2.93. The summed E-state index contributed by atoms with van der Waals surface area (Å²) in [6.07, 6.45) is 1.81. The Morgan fingerprint density at radius 2 is 2.29 bits per heavy atom. The lowest BCUT2D eigenvalue weighted by Gasteiger charge is -1.99. The molecule has 4 heteroatoms. The molecule has 72 valence electrons. The first-order valence-corrected chi connectivity index (χ1v) is 5.47. The second kappa shape index (κ2) is 5.28. The predicted octanol–water partition coefficient (Wildman–Crippen LogP) is 3.20. The van der Waals surface area contributed by atoms with Crippen molar-refractivity contribution < 1.29 is 4.79 Å². The minimum absolute atomic E-state index is 0.0706. The Hall–Kier alpha value is -0.660. The molecule has 0 saturated heterocycles. The number of hydrogen-bond acceptors (Lipinski definition) is 2. The van der Waals surface area contributed by atoms with Crippen molar-refractivity contribution in [1.82, 2.24) is 4.98 Å². The monoisotopic (exact) mass is 315 g/mol. The van der Waals surface area contributed by atoms with Crippen molar-refractivity contribution in [3.05, 3.63) is 26.9 Å². The van der Waals surface area contributed by atoms with Gasteiger partial charge in [0.1, 0.15) is 5.69 Å². The van der Waals surface area contributed by atoms with Crippen LogP contribution in [0.4, 0.5) is 0 Å². The molecule has 1 heterocycles. The molecule has 0 atom stereocenters. The molecule has 0 spiro atoms. The summed E-state index contributed by atoms with van der Waals surface area (Å²) in [7, 11) is 0. The summed E-state index contributed by atoms with van der Waals surface area (Å²) in [6, 6.07) is 1.79.